The predicted octanol–water partition coefficient (Wildman–Crippen LogP) is 2.65. The Labute approximate surface area is 180 Å². The van der Waals surface area contributed by atoms with Gasteiger partial charge in [0.05, 0.1) is 6.61 Å². The van der Waals surface area contributed by atoms with Gasteiger partial charge in [-0.25, -0.2) is 0 Å². The van der Waals surface area contributed by atoms with Crippen molar-refractivity contribution in [2.24, 2.45) is 10.4 Å². The zero-order chi connectivity index (χ0) is 17.2. The molecule has 5 nitrogen and oxygen atoms in total. The van der Waals surface area contributed by atoms with E-state index in [-0.39, 0.29) is 24.0 Å². The molecule has 4 rings (SSSR count). The van der Waals surface area contributed by atoms with E-state index >= 15 is 0 Å². The van der Waals surface area contributed by atoms with Crippen molar-refractivity contribution >= 4 is 41.7 Å². The predicted molar refractivity (Wildman–Crippen MR) is 121 cm³/mol. The average Bonchev–Trinajstić information content (AvgIpc) is 3.40. The summed E-state index contributed by atoms with van der Waals surface area (Å²) in [4.78, 5) is 9.89. The summed E-state index contributed by atoms with van der Waals surface area (Å²) in [5, 5.41) is 3.78. The standard InChI is InChI=1S/C19H34N4OS.HI/c1-20-17(22-8-6-18(15-22)7-11-24-16-18)21-14-19(4-2-3-5-19)23-9-12-25-13-10-23;/h2-16H2,1H3,(H,20,21);1H. The molecule has 4 fully saturated rings. The highest BCUT2D eigenvalue weighted by atomic mass is 127. The number of hydrogen-bond donors (Lipinski definition) is 1. The fourth-order valence-electron chi connectivity index (χ4n) is 5.34. The minimum absolute atomic E-state index is 0. The smallest absolute Gasteiger partial charge is 0.193 e. The summed E-state index contributed by atoms with van der Waals surface area (Å²) in [7, 11) is 1.94. The number of halogens is 1. The zero-order valence-electron chi connectivity index (χ0n) is 16.2. The second-order valence-electron chi connectivity index (χ2n) is 8.41. The molecule has 1 aliphatic carbocycles. The van der Waals surface area contributed by atoms with E-state index in [1.54, 1.807) is 0 Å². The lowest BCUT2D eigenvalue weighted by Crippen LogP contribution is -2.58. The van der Waals surface area contributed by atoms with Gasteiger partial charge in [0.2, 0.25) is 0 Å². The van der Waals surface area contributed by atoms with Gasteiger partial charge in [0, 0.05) is 68.8 Å². The lowest BCUT2D eigenvalue weighted by atomic mass is 9.87. The van der Waals surface area contributed by atoms with Crippen LogP contribution >= 0.6 is 35.7 Å². The Bertz CT molecular complexity index is 486. The van der Waals surface area contributed by atoms with Gasteiger partial charge in [-0.05, 0) is 25.7 Å². The number of ether oxygens (including phenoxy) is 1. The summed E-state index contributed by atoms with van der Waals surface area (Å²) in [6.07, 6.45) is 7.93. The Morgan fingerprint density at radius 3 is 2.54 bits per heavy atom. The minimum atomic E-state index is 0. The Morgan fingerprint density at radius 1 is 1.12 bits per heavy atom. The lowest BCUT2D eigenvalue weighted by molar-refractivity contribution is 0.106. The molecule has 3 saturated heterocycles. The van der Waals surface area contributed by atoms with E-state index in [0.717, 1.165) is 38.8 Å². The fourth-order valence-corrected chi connectivity index (χ4v) is 6.24. The average molecular weight is 494 g/mol. The molecule has 4 aliphatic rings. The molecule has 3 aliphatic heterocycles. The molecule has 1 saturated carbocycles. The molecule has 0 aromatic rings. The van der Waals surface area contributed by atoms with Gasteiger partial charge in [0.25, 0.3) is 0 Å². The topological polar surface area (TPSA) is 40.1 Å². The van der Waals surface area contributed by atoms with Crippen LogP contribution in [0, 0.1) is 5.41 Å². The van der Waals surface area contributed by atoms with Crippen LogP contribution in [0.2, 0.25) is 0 Å². The van der Waals surface area contributed by atoms with Crippen molar-refractivity contribution in [3.63, 3.8) is 0 Å². The highest BCUT2D eigenvalue weighted by Gasteiger charge is 2.43. The second kappa shape index (κ2) is 9.18. The molecular formula is C19H35IN4OS. The Morgan fingerprint density at radius 2 is 1.88 bits per heavy atom. The van der Waals surface area contributed by atoms with Crippen LogP contribution in [0.3, 0.4) is 0 Å². The Balaban J connectivity index is 0.00000196. The summed E-state index contributed by atoms with van der Waals surface area (Å²) >= 11 is 2.11. The van der Waals surface area contributed by atoms with Crippen LogP contribution in [0.15, 0.2) is 4.99 Å². The molecule has 0 aromatic heterocycles. The first-order chi connectivity index (χ1) is 12.3. The summed E-state index contributed by atoms with van der Waals surface area (Å²) in [5.41, 5.74) is 0.761. The van der Waals surface area contributed by atoms with E-state index in [4.69, 9.17) is 4.74 Å². The van der Waals surface area contributed by atoms with E-state index in [0.29, 0.717) is 11.0 Å². The van der Waals surface area contributed by atoms with Gasteiger partial charge >= 0.3 is 0 Å². The first kappa shape index (κ1) is 21.0. The number of thioether (sulfide) groups is 1. The molecule has 1 atom stereocenters. The monoisotopic (exact) mass is 494 g/mol. The van der Waals surface area contributed by atoms with Crippen molar-refractivity contribution in [3.05, 3.63) is 0 Å². The summed E-state index contributed by atoms with van der Waals surface area (Å²) < 4.78 is 5.68. The van der Waals surface area contributed by atoms with Crippen molar-refractivity contribution in [2.75, 3.05) is 64.5 Å². The van der Waals surface area contributed by atoms with Crippen LogP contribution in [-0.4, -0.2) is 85.8 Å². The molecule has 26 heavy (non-hydrogen) atoms. The van der Waals surface area contributed by atoms with Crippen LogP contribution in [-0.2, 0) is 4.74 Å². The summed E-state index contributed by atoms with van der Waals surface area (Å²) in [6, 6.07) is 0. The third-order valence-electron chi connectivity index (χ3n) is 6.93. The van der Waals surface area contributed by atoms with Crippen LogP contribution in [0.25, 0.3) is 0 Å². The molecule has 1 spiro atoms. The number of rotatable bonds is 3. The number of likely N-dealkylation sites (tertiary alicyclic amines) is 1. The normalized spacial score (nSPS) is 32.2. The van der Waals surface area contributed by atoms with Gasteiger partial charge in [-0.2, -0.15) is 11.8 Å². The molecule has 3 heterocycles. The van der Waals surface area contributed by atoms with Crippen LogP contribution in [0.4, 0.5) is 0 Å². The third-order valence-corrected chi connectivity index (χ3v) is 7.87. The molecular weight excluding hydrogens is 459 g/mol. The molecule has 150 valence electrons. The molecule has 0 aromatic carbocycles. The molecule has 1 unspecified atom stereocenters. The first-order valence-corrected chi connectivity index (χ1v) is 11.3. The number of hydrogen-bond acceptors (Lipinski definition) is 4. The van der Waals surface area contributed by atoms with Gasteiger partial charge in [0.1, 0.15) is 0 Å². The number of nitrogens with one attached hydrogen (secondary N) is 1. The lowest BCUT2D eigenvalue weighted by Gasteiger charge is -2.44. The molecule has 0 amide bonds. The summed E-state index contributed by atoms with van der Waals surface area (Å²) in [6.45, 7) is 7.69. The van der Waals surface area contributed by atoms with Crippen LogP contribution in [0.5, 0.6) is 0 Å². The maximum atomic E-state index is 5.68. The van der Waals surface area contributed by atoms with Gasteiger partial charge in [0.15, 0.2) is 5.96 Å². The molecule has 7 heteroatoms. The largest absolute Gasteiger partial charge is 0.381 e. The SMILES string of the molecule is CN=C(NCC1(N2CCSCC2)CCCC1)N1CCC2(CCOC2)C1.I. The van der Waals surface area contributed by atoms with Gasteiger partial charge < -0.3 is 15.0 Å². The van der Waals surface area contributed by atoms with E-state index in [1.165, 1.54) is 63.1 Å². The van der Waals surface area contributed by atoms with Crippen molar-refractivity contribution < 1.29 is 4.74 Å². The highest BCUT2D eigenvalue weighted by Crippen LogP contribution is 2.39. The van der Waals surface area contributed by atoms with Crippen LogP contribution < -0.4 is 5.32 Å². The Hall–Kier alpha value is 0.270. The van der Waals surface area contributed by atoms with Crippen molar-refractivity contribution in [3.8, 4) is 0 Å². The van der Waals surface area contributed by atoms with E-state index in [2.05, 4.69) is 31.9 Å². The highest BCUT2D eigenvalue weighted by molar-refractivity contribution is 14.0. The van der Waals surface area contributed by atoms with Gasteiger partial charge in [-0.1, -0.05) is 12.8 Å². The molecule has 1 N–H and O–H groups in total. The zero-order valence-corrected chi connectivity index (χ0v) is 19.3. The minimum Gasteiger partial charge on any atom is -0.381 e. The molecule has 0 radical (unpaired) electrons. The van der Waals surface area contributed by atoms with Gasteiger partial charge in [-0.3, -0.25) is 9.89 Å². The fraction of sp³-hybridized carbons (Fsp3) is 0.947. The van der Waals surface area contributed by atoms with Crippen LogP contribution in [0.1, 0.15) is 38.5 Å². The number of aliphatic imine (C=N–C) groups is 1. The summed E-state index contributed by atoms with van der Waals surface area (Å²) in [5.74, 6) is 3.71. The number of nitrogens with zero attached hydrogens (tertiary/aromatic N) is 3. The maximum absolute atomic E-state index is 5.68. The maximum Gasteiger partial charge on any atom is 0.193 e. The van der Waals surface area contributed by atoms with E-state index < -0.39 is 0 Å². The van der Waals surface area contributed by atoms with Crippen molar-refractivity contribution in [1.29, 1.82) is 0 Å². The number of guanidine groups is 1. The second-order valence-corrected chi connectivity index (χ2v) is 9.63. The molecule has 0 bridgehead atoms. The van der Waals surface area contributed by atoms with E-state index in [9.17, 15) is 0 Å². The van der Waals surface area contributed by atoms with Crippen molar-refractivity contribution in [1.82, 2.24) is 15.1 Å². The third kappa shape index (κ3) is 4.30. The first-order valence-electron chi connectivity index (χ1n) is 10.1. The Kier molecular flexibility index (Phi) is 7.41. The van der Waals surface area contributed by atoms with Crippen molar-refractivity contribution in [2.45, 2.75) is 44.1 Å². The quantitative estimate of drug-likeness (QED) is 0.371. The van der Waals surface area contributed by atoms with E-state index in [1.807, 2.05) is 7.05 Å². The van der Waals surface area contributed by atoms with Gasteiger partial charge in [-0.15, -0.1) is 24.0 Å².